The monoisotopic (exact) mass is 407 g/mol. The van der Waals surface area contributed by atoms with E-state index in [2.05, 4.69) is 5.32 Å². The Labute approximate surface area is 174 Å². The van der Waals surface area contributed by atoms with Gasteiger partial charge in [-0.15, -0.1) is 0 Å². The molecule has 0 aliphatic heterocycles. The van der Waals surface area contributed by atoms with E-state index in [1.54, 1.807) is 24.3 Å². The lowest BCUT2D eigenvalue weighted by Gasteiger charge is -2.13. The summed E-state index contributed by atoms with van der Waals surface area (Å²) in [5, 5.41) is 2.79. The molecule has 1 aromatic heterocycles. The van der Waals surface area contributed by atoms with Gasteiger partial charge in [0.15, 0.2) is 0 Å². The lowest BCUT2D eigenvalue weighted by atomic mass is 10.1. The first-order valence-electron chi connectivity index (χ1n) is 9.95. The van der Waals surface area contributed by atoms with E-state index >= 15 is 0 Å². The predicted octanol–water partition coefficient (Wildman–Crippen LogP) is 2.15. The van der Waals surface area contributed by atoms with Crippen LogP contribution in [0.15, 0.2) is 76.6 Å². The molecule has 0 fully saturated rings. The molecular formula is C23H25N3O4. The molecule has 7 heteroatoms. The maximum absolute atomic E-state index is 12.6. The molecule has 0 aliphatic rings. The number of hydrogen-bond donors (Lipinski definition) is 1. The first-order chi connectivity index (χ1) is 14.6. The van der Waals surface area contributed by atoms with Gasteiger partial charge in [-0.05, 0) is 37.5 Å². The third-order valence-electron chi connectivity index (χ3n) is 4.60. The van der Waals surface area contributed by atoms with E-state index in [0.717, 1.165) is 17.4 Å². The van der Waals surface area contributed by atoms with E-state index in [1.807, 2.05) is 37.3 Å². The Hall–Kier alpha value is -3.61. The summed E-state index contributed by atoms with van der Waals surface area (Å²) in [6.45, 7) is 2.58. The molecule has 3 aromatic rings. The molecule has 7 nitrogen and oxygen atoms in total. The molecule has 1 heterocycles. The summed E-state index contributed by atoms with van der Waals surface area (Å²) in [6, 6.07) is 17.0. The van der Waals surface area contributed by atoms with Gasteiger partial charge >= 0.3 is 11.1 Å². The van der Waals surface area contributed by atoms with Gasteiger partial charge in [-0.2, -0.15) is 0 Å². The summed E-state index contributed by atoms with van der Waals surface area (Å²) in [7, 11) is 0. The second-order valence-electron chi connectivity index (χ2n) is 6.75. The summed E-state index contributed by atoms with van der Waals surface area (Å²) in [6.07, 6.45) is 4.57. The maximum Gasteiger partial charge on any atom is 0.321 e. The molecule has 0 saturated carbocycles. The second-order valence-corrected chi connectivity index (χ2v) is 6.75. The molecular weight excluding hydrogens is 382 g/mol. The highest BCUT2D eigenvalue weighted by molar-refractivity contribution is 5.75. The Bertz CT molecular complexity index is 1100. The highest BCUT2D eigenvalue weighted by Gasteiger charge is 2.12. The highest BCUT2D eigenvalue weighted by atomic mass is 16.5. The molecule has 0 unspecified atom stereocenters. The summed E-state index contributed by atoms with van der Waals surface area (Å²) in [4.78, 5) is 37.3. The van der Waals surface area contributed by atoms with Gasteiger partial charge in [0.2, 0.25) is 5.91 Å². The van der Waals surface area contributed by atoms with E-state index in [1.165, 1.54) is 22.5 Å². The van der Waals surface area contributed by atoms with Crippen molar-refractivity contribution in [1.29, 1.82) is 0 Å². The SMILES string of the molecule is CCOc1ccccc1-n1ccn(CC(=O)NCCCc2ccccc2)c(=O)c1=O. The zero-order chi connectivity index (χ0) is 21.3. The van der Waals surface area contributed by atoms with Gasteiger partial charge in [0, 0.05) is 18.9 Å². The van der Waals surface area contributed by atoms with Crippen molar-refractivity contribution < 1.29 is 9.53 Å². The van der Waals surface area contributed by atoms with Crippen LogP contribution in [0.25, 0.3) is 5.69 Å². The fraction of sp³-hybridized carbons (Fsp3) is 0.261. The number of aromatic nitrogens is 2. The third-order valence-corrected chi connectivity index (χ3v) is 4.60. The molecule has 2 aromatic carbocycles. The van der Waals surface area contributed by atoms with Gasteiger partial charge in [0.1, 0.15) is 12.3 Å². The van der Waals surface area contributed by atoms with Crippen LogP contribution in [0.5, 0.6) is 5.75 Å². The Morgan fingerprint density at radius 1 is 0.967 bits per heavy atom. The molecule has 0 spiro atoms. The van der Waals surface area contributed by atoms with E-state index in [4.69, 9.17) is 4.74 Å². The molecule has 1 N–H and O–H groups in total. The summed E-state index contributed by atoms with van der Waals surface area (Å²) in [5.74, 6) is 0.201. The van der Waals surface area contributed by atoms with Crippen molar-refractivity contribution in [3.8, 4) is 11.4 Å². The molecule has 1 amide bonds. The fourth-order valence-corrected chi connectivity index (χ4v) is 3.13. The fourth-order valence-electron chi connectivity index (χ4n) is 3.13. The van der Waals surface area contributed by atoms with Crippen LogP contribution in [0, 0.1) is 0 Å². The summed E-state index contributed by atoms with van der Waals surface area (Å²) >= 11 is 0. The van der Waals surface area contributed by atoms with Crippen molar-refractivity contribution in [2.75, 3.05) is 13.2 Å². The van der Waals surface area contributed by atoms with E-state index in [0.29, 0.717) is 24.6 Å². The molecule has 30 heavy (non-hydrogen) atoms. The zero-order valence-corrected chi connectivity index (χ0v) is 16.9. The number of nitrogens with one attached hydrogen (secondary N) is 1. The van der Waals surface area contributed by atoms with Crippen molar-refractivity contribution in [2.45, 2.75) is 26.3 Å². The standard InChI is InChI=1S/C23H25N3O4/c1-2-30-20-13-7-6-12-19(20)26-16-15-25(22(28)23(26)29)17-21(27)24-14-8-11-18-9-4-3-5-10-18/h3-7,9-10,12-13,15-16H,2,8,11,14,17H2,1H3,(H,24,27). The van der Waals surface area contributed by atoms with Gasteiger partial charge in [-0.1, -0.05) is 42.5 Å². The third kappa shape index (κ3) is 5.26. The normalized spacial score (nSPS) is 10.6. The van der Waals surface area contributed by atoms with Gasteiger partial charge in [0.25, 0.3) is 0 Å². The smallest absolute Gasteiger partial charge is 0.321 e. The Morgan fingerprint density at radius 2 is 1.70 bits per heavy atom. The van der Waals surface area contributed by atoms with E-state index < -0.39 is 11.1 Å². The van der Waals surface area contributed by atoms with Crippen molar-refractivity contribution in [3.05, 3.63) is 93.3 Å². The topological polar surface area (TPSA) is 82.3 Å². The van der Waals surface area contributed by atoms with E-state index in [-0.39, 0.29) is 12.5 Å². The van der Waals surface area contributed by atoms with Crippen LogP contribution in [-0.4, -0.2) is 28.2 Å². The molecule has 3 rings (SSSR count). The minimum absolute atomic E-state index is 0.201. The number of hydrogen-bond acceptors (Lipinski definition) is 4. The number of para-hydroxylation sites is 2. The lowest BCUT2D eigenvalue weighted by molar-refractivity contribution is -0.121. The number of amides is 1. The van der Waals surface area contributed by atoms with Crippen LogP contribution in [-0.2, 0) is 17.8 Å². The molecule has 0 atom stereocenters. The van der Waals surface area contributed by atoms with Crippen LogP contribution in [0.4, 0.5) is 0 Å². The minimum Gasteiger partial charge on any atom is -0.492 e. The number of carbonyl (C=O) groups excluding carboxylic acids is 1. The van der Waals surface area contributed by atoms with Crippen LogP contribution in [0.1, 0.15) is 18.9 Å². The summed E-state index contributed by atoms with van der Waals surface area (Å²) < 4.78 is 7.89. The van der Waals surface area contributed by atoms with Gasteiger partial charge < -0.3 is 10.1 Å². The van der Waals surface area contributed by atoms with Crippen molar-refractivity contribution >= 4 is 5.91 Å². The van der Waals surface area contributed by atoms with Gasteiger partial charge in [0.05, 0.1) is 12.3 Å². The molecule has 0 aliphatic carbocycles. The van der Waals surface area contributed by atoms with Crippen molar-refractivity contribution in [3.63, 3.8) is 0 Å². The quantitative estimate of drug-likeness (QED) is 0.435. The van der Waals surface area contributed by atoms with Crippen LogP contribution < -0.4 is 21.2 Å². The first-order valence-corrected chi connectivity index (χ1v) is 9.95. The maximum atomic E-state index is 12.6. The number of aryl methyl sites for hydroxylation is 1. The average Bonchev–Trinajstić information content (AvgIpc) is 2.76. The highest BCUT2D eigenvalue weighted by Crippen LogP contribution is 2.20. The summed E-state index contributed by atoms with van der Waals surface area (Å²) in [5.41, 5.74) is 0.197. The molecule has 0 saturated heterocycles. The average molecular weight is 407 g/mol. The Kier molecular flexibility index (Phi) is 7.21. The number of nitrogens with zero attached hydrogens (tertiary/aromatic N) is 2. The first kappa shape index (κ1) is 21.1. The largest absolute Gasteiger partial charge is 0.492 e. The van der Waals surface area contributed by atoms with Crippen LogP contribution in [0.3, 0.4) is 0 Å². The predicted molar refractivity (Wildman–Crippen MR) is 115 cm³/mol. The minimum atomic E-state index is -0.761. The Morgan fingerprint density at radius 3 is 2.47 bits per heavy atom. The molecule has 0 radical (unpaired) electrons. The van der Waals surface area contributed by atoms with Crippen molar-refractivity contribution in [2.24, 2.45) is 0 Å². The molecule has 156 valence electrons. The van der Waals surface area contributed by atoms with Gasteiger partial charge in [-0.25, -0.2) is 0 Å². The zero-order valence-electron chi connectivity index (χ0n) is 16.9. The second kappa shape index (κ2) is 10.2. The Balaban J connectivity index is 1.64. The number of rotatable bonds is 9. The number of benzene rings is 2. The van der Waals surface area contributed by atoms with Gasteiger partial charge in [-0.3, -0.25) is 23.5 Å². The van der Waals surface area contributed by atoms with Crippen LogP contribution in [0.2, 0.25) is 0 Å². The molecule has 0 bridgehead atoms. The number of ether oxygens (including phenoxy) is 1. The van der Waals surface area contributed by atoms with E-state index in [9.17, 15) is 14.4 Å². The van der Waals surface area contributed by atoms with Crippen molar-refractivity contribution in [1.82, 2.24) is 14.5 Å². The lowest BCUT2D eigenvalue weighted by Crippen LogP contribution is -2.42. The van der Waals surface area contributed by atoms with Crippen LogP contribution >= 0.6 is 0 Å². The number of carbonyl (C=O) groups is 1.